The fourth-order valence-electron chi connectivity index (χ4n) is 2.69. The molecule has 1 aliphatic heterocycles. The Kier molecular flexibility index (Phi) is 5.30. The molecule has 0 aromatic heterocycles. The van der Waals surface area contributed by atoms with Crippen LogP contribution >= 0.6 is 0 Å². The zero-order valence-electron chi connectivity index (χ0n) is 13.0. The van der Waals surface area contributed by atoms with Crippen LogP contribution < -0.4 is 0 Å². The van der Waals surface area contributed by atoms with Crippen molar-refractivity contribution in [2.45, 2.75) is 38.4 Å². The van der Waals surface area contributed by atoms with Gasteiger partial charge in [0.05, 0.1) is 12.6 Å². The van der Waals surface area contributed by atoms with E-state index in [4.69, 9.17) is 9.84 Å². The second-order valence-electron chi connectivity index (χ2n) is 5.84. The quantitative estimate of drug-likeness (QED) is 0.920. The van der Waals surface area contributed by atoms with E-state index in [-0.39, 0.29) is 30.5 Å². The smallest absolute Gasteiger partial charge is 0.334 e. The van der Waals surface area contributed by atoms with E-state index >= 15 is 0 Å². The summed E-state index contributed by atoms with van der Waals surface area (Å²) in [4.78, 5) is 24.8. The van der Waals surface area contributed by atoms with Crippen LogP contribution in [-0.2, 0) is 14.3 Å². The Hall–Kier alpha value is -2.02. The minimum absolute atomic E-state index is 0.0155. The van der Waals surface area contributed by atoms with Gasteiger partial charge in [-0.1, -0.05) is 13.0 Å². The molecule has 0 saturated carbocycles. The summed E-state index contributed by atoms with van der Waals surface area (Å²) in [5.41, 5.74) is 0.260. The van der Waals surface area contributed by atoms with Crippen molar-refractivity contribution < 1.29 is 28.2 Å². The summed E-state index contributed by atoms with van der Waals surface area (Å²) < 4.78 is 32.0. The number of hydrogen-bond acceptors (Lipinski definition) is 3. The van der Waals surface area contributed by atoms with Crippen LogP contribution in [0.25, 0.3) is 0 Å². The average molecular weight is 327 g/mol. The molecule has 0 spiro atoms. The normalized spacial score (nSPS) is 22.7. The Morgan fingerprint density at radius 3 is 2.70 bits per heavy atom. The number of benzene rings is 1. The number of carbonyl (C=O) groups excluding carboxylic acids is 1. The fourth-order valence-corrected chi connectivity index (χ4v) is 2.69. The second kappa shape index (κ2) is 7.04. The molecule has 2 rings (SSSR count). The molecule has 5 nitrogen and oxygen atoms in total. The Balaban J connectivity index is 2.04. The molecule has 23 heavy (non-hydrogen) atoms. The topological polar surface area (TPSA) is 66.8 Å². The zero-order valence-corrected chi connectivity index (χ0v) is 13.0. The van der Waals surface area contributed by atoms with Crippen molar-refractivity contribution >= 4 is 11.9 Å². The van der Waals surface area contributed by atoms with Crippen LogP contribution in [0.5, 0.6) is 0 Å². The number of carboxylic acid groups (broad SMARTS) is 1. The van der Waals surface area contributed by atoms with E-state index in [1.165, 1.54) is 11.0 Å². The van der Waals surface area contributed by atoms with Crippen LogP contribution in [0.3, 0.4) is 0 Å². The minimum atomic E-state index is -1.12. The van der Waals surface area contributed by atoms with Gasteiger partial charge in [0, 0.05) is 19.0 Å². The predicted octanol–water partition coefficient (Wildman–Crippen LogP) is 2.16. The Labute approximate surface area is 132 Å². The number of hydrogen-bond donors (Lipinski definition) is 1. The first kappa shape index (κ1) is 17.3. The lowest BCUT2D eigenvalue weighted by atomic mass is 9.96. The fraction of sp³-hybridized carbons (Fsp3) is 0.500. The average Bonchev–Trinajstić information content (AvgIpc) is 2.46. The largest absolute Gasteiger partial charge is 0.479 e. The van der Waals surface area contributed by atoms with Crippen LogP contribution in [0.1, 0.15) is 31.7 Å². The zero-order chi connectivity index (χ0) is 17.1. The Morgan fingerprint density at radius 1 is 1.39 bits per heavy atom. The highest BCUT2D eigenvalue weighted by molar-refractivity contribution is 5.79. The highest BCUT2D eigenvalue weighted by atomic mass is 19.1. The van der Waals surface area contributed by atoms with Gasteiger partial charge in [-0.25, -0.2) is 13.6 Å². The maximum Gasteiger partial charge on any atom is 0.334 e. The molecule has 0 aliphatic carbocycles. The van der Waals surface area contributed by atoms with Gasteiger partial charge in [0.2, 0.25) is 5.91 Å². The predicted molar refractivity (Wildman–Crippen MR) is 77.9 cm³/mol. The summed E-state index contributed by atoms with van der Waals surface area (Å²) in [5.74, 6) is -3.20. The van der Waals surface area contributed by atoms with Crippen LogP contribution in [0.15, 0.2) is 18.2 Å². The third-order valence-electron chi connectivity index (χ3n) is 3.86. The van der Waals surface area contributed by atoms with E-state index in [9.17, 15) is 18.4 Å². The van der Waals surface area contributed by atoms with Crippen molar-refractivity contribution in [3.05, 3.63) is 35.4 Å². The first-order valence-electron chi connectivity index (χ1n) is 7.39. The molecule has 1 heterocycles. The Morgan fingerprint density at radius 2 is 2.09 bits per heavy atom. The maximum absolute atomic E-state index is 13.8. The van der Waals surface area contributed by atoms with Gasteiger partial charge < -0.3 is 14.7 Å². The lowest BCUT2D eigenvalue weighted by molar-refractivity contribution is -0.166. The van der Waals surface area contributed by atoms with Gasteiger partial charge in [0.15, 0.2) is 6.10 Å². The third kappa shape index (κ3) is 4.25. The van der Waals surface area contributed by atoms with E-state index < -0.39 is 29.6 Å². The molecule has 0 radical (unpaired) electrons. The lowest BCUT2D eigenvalue weighted by Gasteiger charge is -2.35. The standard InChI is InChI=1S/C16H19F2NO4/c1-9(12-4-3-11(17)6-13(12)18)5-15(20)19-7-10(2)23-14(8-19)16(21)22/h3-4,6,9-10,14H,5,7-8H2,1-2H3,(H,21,22)/t9?,10-,14?/m1/s1. The van der Waals surface area contributed by atoms with E-state index in [1.54, 1.807) is 13.8 Å². The number of nitrogens with zero attached hydrogens (tertiary/aromatic N) is 1. The van der Waals surface area contributed by atoms with Crippen molar-refractivity contribution in [3.63, 3.8) is 0 Å². The summed E-state index contributed by atoms with van der Waals surface area (Å²) in [6.45, 7) is 3.63. The summed E-state index contributed by atoms with van der Waals surface area (Å²) in [5, 5.41) is 9.03. The van der Waals surface area contributed by atoms with Gasteiger partial charge in [0.25, 0.3) is 0 Å². The molecule has 126 valence electrons. The summed E-state index contributed by atoms with van der Waals surface area (Å²) >= 11 is 0. The first-order chi connectivity index (χ1) is 10.8. The van der Waals surface area contributed by atoms with Gasteiger partial charge in [-0.2, -0.15) is 0 Å². The maximum atomic E-state index is 13.8. The number of ether oxygens (including phenoxy) is 1. The minimum Gasteiger partial charge on any atom is -0.479 e. The van der Waals surface area contributed by atoms with Crippen LogP contribution in [0.2, 0.25) is 0 Å². The van der Waals surface area contributed by atoms with E-state index in [0.717, 1.165) is 12.1 Å². The van der Waals surface area contributed by atoms with Gasteiger partial charge in [-0.3, -0.25) is 4.79 Å². The number of carbonyl (C=O) groups is 2. The number of rotatable bonds is 4. The molecule has 7 heteroatoms. The molecule has 1 amide bonds. The van der Waals surface area contributed by atoms with Crippen LogP contribution in [0, 0.1) is 11.6 Å². The molecule has 1 aromatic carbocycles. The number of morpholine rings is 1. The van der Waals surface area contributed by atoms with Gasteiger partial charge in [0.1, 0.15) is 11.6 Å². The number of carboxylic acids is 1. The van der Waals surface area contributed by atoms with Crippen LogP contribution in [-0.4, -0.2) is 47.2 Å². The van der Waals surface area contributed by atoms with Crippen molar-refractivity contribution in [3.8, 4) is 0 Å². The van der Waals surface area contributed by atoms with Gasteiger partial charge in [-0.05, 0) is 24.5 Å². The second-order valence-corrected chi connectivity index (χ2v) is 5.84. The molecule has 1 saturated heterocycles. The third-order valence-corrected chi connectivity index (χ3v) is 3.86. The van der Waals surface area contributed by atoms with E-state index in [1.807, 2.05) is 0 Å². The summed E-state index contributed by atoms with van der Waals surface area (Å²) in [6.07, 6.45) is -1.42. The molecule has 1 N–H and O–H groups in total. The highest BCUT2D eigenvalue weighted by Gasteiger charge is 2.33. The lowest BCUT2D eigenvalue weighted by Crippen LogP contribution is -2.51. The molecule has 3 atom stereocenters. The molecule has 1 fully saturated rings. The SMILES string of the molecule is CC(CC(=O)N1CC(C(=O)O)O[C@H](C)C1)c1ccc(F)cc1F. The Bertz CT molecular complexity index is 608. The van der Waals surface area contributed by atoms with Crippen molar-refractivity contribution in [2.24, 2.45) is 0 Å². The monoisotopic (exact) mass is 327 g/mol. The van der Waals surface area contributed by atoms with Crippen molar-refractivity contribution in [1.82, 2.24) is 4.90 Å². The van der Waals surface area contributed by atoms with Crippen LogP contribution in [0.4, 0.5) is 8.78 Å². The molecule has 1 aliphatic rings. The highest BCUT2D eigenvalue weighted by Crippen LogP contribution is 2.24. The molecular formula is C16H19F2NO4. The number of aliphatic carboxylic acids is 1. The number of halogens is 2. The van der Waals surface area contributed by atoms with E-state index in [0.29, 0.717) is 6.54 Å². The van der Waals surface area contributed by atoms with Gasteiger partial charge >= 0.3 is 5.97 Å². The number of amides is 1. The first-order valence-corrected chi connectivity index (χ1v) is 7.39. The van der Waals surface area contributed by atoms with Gasteiger partial charge in [-0.15, -0.1) is 0 Å². The molecule has 0 bridgehead atoms. The van der Waals surface area contributed by atoms with E-state index in [2.05, 4.69) is 0 Å². The molecule has 2 unspecified atom stereocenters. The summed E-state index contributed by atoms with van der Waals surface area (Å²) in [7, 11) is 0. The van der Waals surface area contributed by atoms with Crippen molar-refractivity contribution in [2.75, 3.05) is 13.1 Å². The molecule has 1 aromatic rings. The van der Waals surface area contributed by atoms with Crippen molar-refractivity contribution in [1.29, 1.82) is 0 Å². The summed E-state index contributed by atoms with van der Waals surface area (Å²) in [6, 6.07) is 3.26. The molecular weight excluding hydrogens is 308 g/mol.